The van der Waals surface area contributed by atoms with Crippen LogP contribution in [0, 0.1) is 5.92 Å². The Kier molecular flexibility index (Phi) is 5.31. The van der Waals surface area contributed by atoms with Crippen LogP contribution in [0.4, 0.5) is 0 Å². The predicted molar refractivity (Wildman–Crippen MR) is 90.8 cm³/mol. The zero-order valence-corrected chi connectivity index (χ0v) is 13.8. The fraction of sp³-hybridized carbons (Fsp3) is 0.389. The third kappa shape index (κ3) is 4.12. The standard InChI is InChI=1S/C18H21NO3S/c20-12-14-6-8-19(9-7-14)18(21)15-3-1-4-16(11-15)22-13-17-5-2-10-23-17/h1-5,10-11,14,20H,6-9,12-13H2. The van der Waals surface area contributed by atoms with Gasteiger partial charge in [-0.25, -0.2) is 0 Å². The number of likely N-dealkylation sites (tertiary alicyclic amines) is 1. The van der Waals surface area contributed by atoms with Gasteiger partial charge in [0.05, 0.1) is 0 Å². The Balaban J connectivity index is 1.61. The van der Waals surface area contributed by atoms with Gasteiger partial charge in [0.1, 0.15) is 12.4 Å². The van der Waals surface area contributed by atoms with Gasteiger partial charge in [-0.05, 0) is 48.4 Å². The normalized spacial score (nSPS) is 15.6. The molecule has 0 radical (unpaired) electrons. The van der Waals surface area contributed by atoms with E-state index in [1.807, 2.05) is 46.7 Å². The van der Waals surface area contributed by atoms with Crippen molar-refractivity contribution in [2.45, 2.75) is 19.4 Å². The van der Waals surface area contributed by atoms with Crippen LogP contribution < -0.4 is 4.74 Å². The van der Waals surface area contributed by atoms with E-state index in [0.29, 0.717) is 31.2 Å². The summed E-state index contributed by atoms with van der Waals surface area (Å²) in [5.41, 5.74) is 0.663. The van der Waals surface area contributed by atoms with Crippen molar-refractivity contribution in [3.63, 3.8) is 0 Å². The molecule has 3 rings (SSSR count). The predicted octanol–water partition coefficient (Wildman–Crippen LogP) is 3.17. The zero-order chi connectivity index (χ0) is 16.1. The van der Waals surface area contributed by atoms with Gasteiger partial charge in [-0.2, -0.15) is 0 Å². The molecule has 2 aromatic rings. The Morgan fingerprint density at radius 2 is 2.09 bits per heavy atom. The van der Waals surface area contributed by atoms with Gasteiger partial charge in [0, 0.05) is 30.1 Å². The lowest BCUT2D eigenvalue weighted by atomic mass is 9.97. The molecule has 0 atom stereocenters. The molecule has 1 saturated heterocycles. The molecule has 0 saturated carbocycles. The molecule has 4 nitrogen and oxygen atoms in total. The van der Waals surface area contributed by atoms with E-state index < -0.39 is 0 Å². The number of amides is 1. The molecule has 1 aliphatic heterocycles. The maximum Gasteiger partial charge on any atom is 0.253 e. The Hall–Kier alpha value is -1.85. The molecule has 1 aromatic heterocycles. The summed E-state index contributed by atoms with van der Waals surface area (Å²) in [7, 11) is 0. The van der Waals surface area contributed by atoms with Gasteiger partial charge in [-0.15, -0.1) is 11.3 Å². The van der Waals surface area contributed by atoms with Crippen molar-refractivity contribution in [2.75, 3.05) is 19.7 Å². The second kappa shape index (κ2) is 7.62. The Bertz CT molecular complexity index is 633. The molecular formula is C18H21NO3S. The molecule has 0 bridgehead atoms. The quantitative estimate of drug-likeness (QED) is 0.915. The monoisotopic (exact) mass is 331 g/mol. The molecule has 1 aliphatic rings. The van der Waals surface area contributed by atoms with E-state index >= 15 is 0 Å². The van der Waals surface area contributed by atoms with Gasteiger partial charge < -0.3 is 14.7 Å². The van der Waals surface area contributed by atoms with E-state index in [2.05, 4.69) is 0 Å². The SMILES string of the molecule is O=C(c1cccc(OCc2cccs2)c1)N1CCC(CO)CC1. The van der Waals surface area contributed by atoms with E-state index in [0.717, 1.165) is 23.5 Å². The van der Waals surface area contributed by atoms with Crippen molar-refractivity contribution in [1.82, 2.24) is 4.90 Å². The zero-order valence-electron chi connectivity index (χ0n) is 13.0. The molecule has 2 heterocycles. The summed E-state index contributed by atoms with van der Waals surface area (Å²) in [6.45, 7) is 2.17. The Morgan fingerprint density at radius 3 is 2.78 bits per heavy atom. The minimum atomic E-state index is 0.0444. The molecule has 1 N–H and O–H groups in total. The number of hydrogen-bond donors (Lipinski definition) is 1. The van der Waals surface area contributed by atoms with Gasteiger partial charge in [-0.1, -0.05) is 12.1 Å². The summed E-state index contributed by atoms with van der Waals surface area (Å²) in [6, 6.07) is 11.4. The average molecular weight is 331 g/mol. The number of carbonyl (C=O) groups excluding carboxylic acids is 1. The van der Waals surface area contributed by atoms with Crippen LogP contribution in [0.15, 0.2) is 41.8 Å². The van der Waals surface area contributed by atoms with E-state index in [9.17, 15) is 9.90 Å². The van der Waals surface area contributed by atoms with Gasteiger partial charge >= 0.3 is 0 Å². The number of aliphatic hydroxyl groups excluding tert-OH is 1. The summed E-state index contributed by atoms with van der Waals surface area (Å²) in [6.07, 6.45) is 1.74. The summed E-state index contributed by atoms with van der Waals surface area (Å²) < 4.78 is 5.77. The summed E-state index contributed by atoms with van der Waals surface area (Å²) >= 11 is 1.66. The fourth-order valence-corrected chi connectivity index (χ4v) is 3.39. The number of aliphatic hydroxyl groups is 1. The molecule has 1 aromatic carbocycles. The Labute approximate surface area is 140 Å². The summed E-state index contributed by atoms with van der Waals surface area (Å²) in [5, 5.41) is 11.2. The van der Waals surface area contributed by atoms with Crippen molar-refractivity contribution in [2.24, 2.45) is 5.92 Å². The number of thiophene rings is 1. The summed E-state index contributed by atoms with van der Waals surface area (Å²) in [5.74, 6) is 1.09. The number of piperidine rings is 1. The van der Waals surface area contributed by atoms with Crippen molar-refractivity contribution < 1.29 is 14.6 Å². The number of benzene rings is 1. The van der Waals surface area contributed by atoms with Crippen LogP contribution >= 0.6 is 11.3 Å². The Morgan fingerprint density at radius 1 is 1.26 bits per heavy atom. The molecule has 0 aliphatic carbocycles. The van der Waals surface area contributed by atoms with E-state index in [1.165, 1.54) is 0 Å². The highest BCUT2D eigenvalue weighted by molar-refractivity contribution is 7.09. The van der Waals surface area contributed by atoms with Crippen LogP contribution in [-0.4, -0.2) is 35.6 Å². The van der Waals surface area contributed by atoms with E-state index in [1.54, 1.807) is 11.3 Å². The minimum absolute atomic E-state index is 0.0444. The first kappa shape index (κ1) is 16.0. The summed E-state index contributed by atoms with van der Waals surface area (Å²) in [4.78, 5) is 15.6. The minimum Gasteiger partial charge on any atom is -0.488 e. The number of carbonyl (C=O) groups is 1. The highest BCUT2D eigenvalue weighted by Gasteiger charge is 2.23. The van der Waals surface area contributed by atoms with Crippen LogP contribution in [0.1, 0.15) is 28.1 Å². The number of ether oxygens (including phenoxy) is 1. The third-order valence-corrected chi connectivity index (χ3v) is 5.05. The van der Waals surface area contributed by atoms with Gasteiger partial charge in [0.2, 0.25) is 0 Å². The molecule has 5 heteroatoms. The molecule has 23 heavy (non-hydrogen) atoms. The molecule has 1 fully saturated rings. The maximum atomic E-state index is 12.6. The van der Waals surface area contributed by atoms with Gasteiger partial charge in [0.25, 0.3) is 5.91 Å². The van der Waals surface area contributed by atoms with E-state index in [-0.39, 0.29) is 12.5 Å². The average Bonchev–Trinajstić information content (AvgIpc) is 3.13. The number of nitrogens with zero attached hydrogens (tertiary/aromatic N) is 1. The van der Waals surface area contributed by atoms with Crippen molar-refractivity contribution in [3.05, 3.63) is 52.2 Å². The van der Waals surface area contributed by atoms with Crippen LogP contribution in [0.3, 0.4) is 0 Å². The van der Waals surface area contributed by atoms with Gasteiger partial charge in [0.15, 0.2) is 0 Å². The topological polar surface area (TPSA) is 49.8 Å². The second-order valence-corrected chi connectivity index (χ2v) is 6.85. The molecule has 1 amide bonds. The van der Waals surface area contributed by atoms with Crippen LogP contribution in [-0.2, 0) is 6.61 Å². The molecule has 122 valence electrons. The van der Waals surface area contributed by atoms with Crippen molar-refractivity contribution in [3.8, 4) is 5.75 Å². The first-order chi connectivity index (χ1) is 11.3. The van der Waals surface area contributed by atoms with Crippen LogP contribution in [0.5, 0.6) is 5.75 Å². The molecule has 0 spiro atoms. The fourth-order valence-electron chi connectivity index (χ4n) is 2.77. The molecule has 0 unspecified atom stereocenters. The maximum absolute atomic E-state index is 12.6. The first-order valence-corrected chi connectivity index (χ1v) is 8.79. The smallest absolute Gasteiger partial charge is 0.253 e. The first-order valence-electron chi connectivity index (χ1n) is 7.91. The second-order valence-electron chi connectivity index (χ2n) is 5.81. The lowest BCUT2D eigenvalue weighted by Crippen LogP contribution is -2.39. The van der Waals surface area contributed by atoms with Crippen molar-refractivity contribution >= 4 is 17.2 Å². The number of rotatable bonds is 5. The lowest BCUT2D eigenvalue weighted by molar-refractivity contribution is 0.0650. The highest BCUT2D eigenvalue weighted by Crippen LogP contribution is 2.21. The third-order valence-electron chi connectivity index (χ3n) is 4.20. The van der Waals surface area contributed by atoms with E-state index in [4.69, 9.17) is 4.74 Å². The number of hydrogen-bond acceptors (Lipinski definition) is 4. The van der Waals surface area contributed by atoms with Crippen LogP contribution in [0.25, 0.3) is 0 Å². The lowest BCUT2D eigenvalue weighted by Gasteiger charge is -2.31. The highest BCUT2D eigenvalue weighted by atomic mass is 32.1. The largest absolute Gasteiger partial charge is 0.488 e. The van der Waals surface area contributed by atoms with Gasteiger partial charge in [-0.3, -0.25) is 4.79 Å². The van der Waals surface area contributed by atoms with Crippen LogP contribution in [0.2, 0.25) is 0 Å². The van der Waals surface area contributed by atoms with Crippen molar-refractivity contribution in [1.29, 1.82) is 0 Å². The molecular weight excluding hydrogens is 310 g/mol.